The van der Waals surface area contributed by atoms with Gasteiger partial charge in [-0.3, -0.25) is 9.59 Å². The number of carbonyl (C=O) groups is 2. The van der Waals surface area contributed by atoms with E-state index in [1.807, 2.05) is 25.1 Å². The molecular formula is C19H19BrN2O4S. The number of nitrogens with zero attached hydrogens (tertiary/aromatic N) is 1. The molecule has 2 aromatic rings. The van der Waals surface area contributed by atoms with Crippen LogP contribution in [0.1, 0.15) is 18.1 Å². The summed E-state index contributed by atoms with van der Waals surface area (Å²) in [5, 5.41) is 2.64. The van der Waals surface area contributed by atoms with E-state index in [1.165, 1.54) is 17.9 Å². The number of rotatable bonds is 4. The molecule has 2 amide bonds. The normalized spacial score (nSPS) is 13.4. The second kappa shape index (κ2) is 7.44. The molecule has 2 aromatic carbocycles. The summed E-state index contributed by atoms with van der Waals surface area (Å²) in [5.74, 6) is -1.54. The molecule has 0 saturated carbocycles. The first-order valence-corrected chi connectivity index (χ1v) is 10.8. The maximum Gasteiger partial charge on any atom is 0.239 e. The van der Waals surface area contributed by atoms with Gasteiger partial charge in [0.2, 0.25) is 11.8 Å². The van der Waals surface area contributed by atoms with Gasteiger partial charge < -0.3 is 10.2 Å². The Morgan fingerprint density at radius 3 is 2.59 bits per heavy atom. The summed E-state index contributed by atoms with van der Waals surface area (Å²) in [5.41, 5.74) is 2.57. The summed E-state index contributed by atoms with van der Waals surface area (Å²) in [4.78, 5) is 25.7. The topological polar surface area (TPSA) is 83.6 Å². The predicted molar refractivity (Wildman–Crippen MR) is 108 cm³/mol. The molecule has 1 aliphatic rings. The summed E-state index contributed by atoms with van der Waals surface area (Å²) in [6, 6.07) is 10.4. The fourth-order valence-corrected chi connectivity index (χ4v) is 5.24. The van der Waals surface area contributed by atoms with Crippen molar-refractivity contribution in [3.05, 3.63) is 52.0 Å². The summed E-state index contributed by atoms with van der Waals surface area (Å²) in [6.07, 6.45) is 0.576. The predicted octanol–water partition coefficient (Wildman–Crippen LogP) is 3.08. The van der Waals surface area contributed by atoms with Crippen LogP contribution in [0.4, 0.5) is 11.4 Å². The number of hydrogen-bond donors (Lipinski definition) is 1. The van der Waals surface area contributed by atoms with Crippen LogP contribution in [0.3, 0.4) is 0 Å². The van der Waals surface area contributed by atoms with Crippen molar-refractivity contribution < 1.29 is 18.0 Å². The molecule has 0 atom stereocenters. The van der Waals surface area contributed by atoms with Crippen molar-refractivity contribution >= 4 is 49.0 Å². The van der Waals surface area contributed by atoms with Crippen LogP contribution in [0.15, 0.2) is 45.8 Å². The molecule has 142 valence electrons. The zero-order chi connectivity index (χ0) is 19.8. The Hall–Kier alpha value is -2.19. The summed E-state index contributed by atoms with van der Waals surface area (Å²) in [6.45, 7) is 3.66. The number of anilines is 2. The van der Waals surface area contributed by atoms with Crippen LogP contribution in [0.2, 0.25) is 0 Å². The molecule has 3 rings (SSSR count). The highest BCUT2D eigenvalue weighted by molar-refractivity contribution is 9.10. The Morgan fingerprint density at radius 2 is 1.93 bits per heavy atom. The minimum absolute atomic E-state index is 0.000455. The van der Waals surface area contributed by atoms with E-state index in [9.17, 15) is 18.0 Å². The lowest BCUT2D eigenvalue weighted by molar-refractivity contribution is -0.116. The number of fused-ring (bicyclic) bond motifs is 1. The maximum atomic E-state index is 13.0. The Labute approximate surface area is 166 Å². The monoisotopic (exact) mass is 450 g/mol. The molecule has 0 radical (unpaired) electrons. The smallest absolute Gasteiger partial charge is 0.239 e. The van der Waals surface area contributed by atoms with Crippen molar-refractivity contribution in [3.8, 4) is 0 Å². The van der Waals surface area contributed by atoms with E-state index in [2.05, 4.69) is 21.2 Å². The van der Waals surface area contributed by atoms with Crippen molar-refractivity contribution in [1.29, 1.82) is 0 Å². The first kappa shape index (κ1) is 19.6. The number of nitrogens with one attached hydrogen (secondary N) is 1. The maximum absolute atomic E-state index is 13.0. The number of amides is 2. The SMILES string of the molecule is CC(=O)N1CCc2cc(Br)cc(S(=O)(=O)CC(=O)Nc3ccccc3C)c21. The van der Waals surface area contributed by atoms with Crippen LogP contribution in [0.5, 0.6) is 0 Å². The van der Waals surface area contributed by atoms with Gasteiger partial charge in [0, 0.05) is 23.6 Å². The summed E-state index contributed by atoms with van der Waals surface area (Å²) >= 11 is 3.33. The van der Waals surface area contributed by atoms with Crippen molar-refractivity contribution in [2.24, 2.45) is 0 Å². The minimum atomic E-state index is -3.94. The van der Waals surface area contributed by atoms with E-state index in [1.54, 1.807) is 12.1 Å². The number of para-hydroxylation sites is 1. The van der Waals surface area contributed by atoms with Gasteiger partial charge in [-0.05, 0) is 42.7 Å². The number of halogens is 1. The standard InChI is InChI=1S/C19H19BrN2O4S/c1-12-5-3-4-6-16(12)21-18(24)11-27(25,26)17-10-15(20)9-14-7-8-22(13(2)23)19(14)17/h3-6,9-10H,7-8,11H2,1-2H3,(H,21,24). The Kier molecular flexibility index (Phi) is 5.39. The fourth-order valence-electron chi connectivity index (χ4n) is 3.17. The number of aryl methyl sites for hydroxylation is 1. The van der Waals surface area contributed by atoms with Crippen LogP contribution in [-0.2, 0) is 25.8 Å². The average molecular weight is 451 g/mol. The highest BCUT2D eigenvalue weighted by Gasteiger charge is 2.32. The molecule has 0 saturated heterocycles. The first-order valence-electron chi connectivity index (χ1n) is 8.38. The molecule has 1 heterocycles. The van der Waals surface area contributed by atoms with Gasteiger partial charge in [-0.15, -0.1) is 0 Å². The molecule has 0 bridgehead atoms. The Morgan fingerprint density at radius 1 is 1.22 bits per heavy atom. The van der Waals surface area contributed by atoms with Crippen molar-refractivity contribution in [2.45, 2.75) is 25.2 Å². The molecule has 1 aliphatic heterocycles. The fraction of sp³-hybridized carbons (Fsp3) is 0.263. The van der Waals surface area contributed by atoms with E-state index < -0.39 is 21.5 Å². The van der Waals surface area contributed by atoms with E-state index >= 15 is 0 Å². The lowest BCUT2D eigenvalue weighted by Gasteiger charge is -2.19. The van der Waals surface area contributed by atoms with Gasteiger partial charge in [0.25, 0.3) is 0 Å². The molecular weight excluding hydrogens is 432 g/mol. The summed E-state index contributed by atoms with van der Waals surface area (Å²) < 4.78 is 26.6. The molecule has 6 nitrogen and oxygen atoms in total. The van der Waals surface area contributed by atoms with Gasteiger partial charge >= 0.3 is 0 Å². The number of carbonyl (C=O) groups excluding carboxylic acids is 2. The summed E-state index contributed by atoms with van der Waals surface area (Å²) in [7, 11) is -3.94. The minimum Gasteiger partial charge on any atom is -0.325 e. The van der Waals surface area contributed by atoms with Crippen LogP contribution < -0.4 is 10.2 Å². The highest BCUT2D eigenvalue weighted by atomic mass is 79.9. The lowest BCUT2D eigenvalue weighted by atomic mass is 10.2. The zero-order valence-electron chi connectivity index (χ0n) is 15.0. The molecule has 0 aliphatic carbocycles. The molecule has 1 N–H and O–H groups in total. The molecule has 0 aromatic heterocycles. The highest BCUT2D eigenvalue weighted by Crippen LogP contribution is 2.38. The van der Waals surface area contributed by atoms with E-state index in [0.717, 1.165) is 11.1 Å². The third-order valence-electron chi connectivity index (χ3n) is 4.45. The number of sulfone groups is 1. The average Bonchev–Trinajstić information content (AvgIpc) is 2.99. The van der Waals surface area contributed by atoms with Crippen LogP contribution in [0, 0.1) is 6.92 Å². The van der Waals surface area contributed by atoms with Crippen LogP contribution in [0.25, 0.3) is 0 Å². The number of benzene rings is 2. The number of hydrogen-bond acceptors (Lipinski definition) is 4. The molecule has 8 heteroatoms. The van der Waals surface area contributed by atoms with Gasteiger partial charge in [-0.2, -0.15) is 0 Å². The van der Waals surface area contributed by atoms with Gasteiger partial charge in [-0.1, -0.05) is 34.1 Å². The first-order chi connectivity index (χ1) is 12.7. The van der Waals surface area contributed by atoms with E-state index in [0.29, 0.717) is 28.8 Å². The molecule has 0 unspecified atom stereocenters. The third kappa shape index (κ3) is 4.06. The molecule has 0 spiro atoms. The van der Waals surface area contributed by atoms with Gasteiger partial charge in [0.1, 0.15) is 5.75 Å². The molecule has 0 fully saturated rings. The third-order valence-corrected chi connectivity index (χ3v) is 6.53. The van der Waals surface area contributed by atoms with Gasteiger partial charge in [0.15, 0.2) is 9.84 Å². The van der Waals surface area contributed by atoms with Crippen molar-refractivity contribution in [3.63, 3.8) is 0 Å². The van der Waals surface area contributed by atoms with Crippen molar-refractivity contribution in [2.75, 3.05) is 22.5 Å². The lowest BCUT2D eigenvalue weighted by Crippen LogP contribution is -2.29. The second-order valence-corrected chi connectivity index (χ2v) is 9.33. The van der Waals surface area contributed by atoms with Crippen LogP contribution in [-0.4, -0.2) is 32.5 Å². The Balaban J connectivity index is 1.93. The van der Waals surface area contributed by atoms with Crippen LogP contribution >= 0.6 is 15.9 Å². The zero-order valence-corrected chi connectivity index (χ0v) is 17.4. The Bertz CT molecular complexity index is 1030. The van der Waals surface area contributed by atoms with Crippen molar-refractivity contribution in [1.82, 2.24) is 0 Å². The van der Waals surface area contributed by atoms with E-state index in [4.69, 9.17) is 0 Å². The van der Waals surface area contributed by atoms with Gasteiger partial charge in [-0.25, -0.2) is 8.42 Å². The quantitative estimate of drug-likeness (QED) is 0.775. The van der Waals surface area contributed by atoms with E-state index in [-0.39, 0.29) is 10.8 Å². The molecule has 27 heavy (non-hydrogen) atoms. The largest absolute Gasteiger partial charge is 0.325 e. The van der Waals surface area contributed by atoms with Gasteiger partial charge in [0.05, 0.1) is 10.6 Å². The second-order valence-electron chi connectivity index (χ2n) is 6.45.